The Morgan fingerprint density at radius 2 is 1.93 bits per heavy atom. The number of nitrogens with zero attached hydrogens (tertiary/aromatic N) is 2. The first-order chi connectivity index (χ1) is 14.0. The summed E-state index contributed by atoms with van der Waals surface area (Å²) in [6.45, 7) is 8.69. The third-order valence-electron chi connectivity index (χ3n) is 4.29. The molecule has 0 aliphatic heterocycles. The maximum atomic E-state index is 12.2. The van der Waals surface area contributed by atoms with Crippen LogP contribution in [0.3, 0.4) is 0 Å². The van der Waals surface area contributed by atoms with E-state index in [1.807, 2.05) is 44.2 Å². The minimum absolute atomic E-state index is 0.149. The Kier molecular flexibility index (Phi) is 6.88. The summed E-state index contributed by atoms with van der Waals surface area (Å²) >= 11 is 1.50. The second-order valence-corrected chi connectivity index (χ2v) is 7.84. The van der Waals surface area contributed by atoms with Gasteiger partial charge in [-0.3, -0.25) is 9.78 Å². The zero-order chi connectivity index (χ0) is 20.8. The van der Waals surface area contributed by atoms with E-state index in [9.17, 15) is 4.79 Å². The van der Waals surface area contributed by atoms with Gasteiger partial charge in [0.15, 0.2) is 0 Å². The molecule has 0 bridgehead atoms. The maximum absolute atomic E-state index is 12.2. The van der Waals surface area contributed by atoms with E-state index in [0.29, 0.717) is 6.61 Å². The number of aromatic nitrogens is 1. The highest BCUT2D eigenvalue weighted by Crippen LogP contribution is 2.30. The number of amides is 1. The average Bonchev–Trinajstić information content (AvgIpc) is 2.68. The number of pyridine rings is 1. The fraction of sp³-hybridized carbons (Fsp3) is 0.261. The number of thioether (sulfide) groups is 1. The molecule has 29 heavy (non-hydrogen) atoms. The molecule has 1 aromatic heterocycles. The Morgan fingerprint density at radius 3 is 2.66 bits per heavy atom. The summed E-state index contributed by atoms with van der Waals surface area (Å²) in [4.78, 5) is 17.9. The second-order valence-electron chi connectivity index (χ2n) is 6.82. The van der Waals surface area contributed by atoms with Crippen LogP contribution in [-0.2, 0) is 4.79 Å². The van der Waals surface area contributed by atoms with E-state index in [2.05, 4.69) is 41.5 Å². The fourth-order valence-corrected chi connectivity index (χ4v) is 3.98. The van der Waals surface area contributed by atoms with Crippen molar-refractivity contribution >= 4 is 34.8 Å². The van der Waals surface area contributed by atoms with Crippen LogP contribution in [0.15, 0.2) is 52.5 Å². The van der Waals surface area contributed by atoms with Crippen LogP contribution in [0.5, 0.6) is 5.75 Å². The lowest BCUT2D eigenvalue weighted by Gasteiger charge is -2.10. The molecule has 6 heteroatoms. The number of carbonyl (C=O) groups excluding carboxylic acids is 1. The first-order valence-electron chi connectivity index (χ1n) is 9.52. The van der Waals surface area contributed by atoms with E-state index in [-0.39, 0.29) is 11.7 Å². The van der Waals surface area contributed by atoms with Crippen LogP contribution in [0.4, 0.5) is 0 Å². The Balaban J connectivity index is 1.62. The van der Waals surface area contributed by atoms with Crippen LogP contribution >= 0.6 is 11.8 Å². The van der Waals surface area contributed by atoms with Crippen molar-refractivity contribution in [1.82, 2.24) is 10.4 Å². The Hall–Kier alpha value is -2.86. The minimum Gasteiger partial charge on any atom is -0.494 e. The molecule has 2 aromatic carbocycles. The first kappa shape index (κ1) is 20.9. The van der Waals surface area contributed by atoms with Crippen molar-refractivity contribution in [3.8, 4) is 5.75 Å². The predicted molar refractivity (Wildman–Crippen MR) is 120 cm³/mol. The molecule has 0 aliphatic rings. The number of hydrazone groups is 1. The summed E-state index contributed by atoms with van der Waals surface area (Å²) in [5.41, 5.74) is 7.75. The molecule has 3 aromatic rings. The molecule has 0 saturated heterocycles. The molecule has 0 saturated carbocycles. The Morgan fingerprint density at radius 1 is 1.17 bits per heavy atom. The van der Waals surface area contributed by atoms with E-state index in [1.54, 1.807) is 6.21 Å². The molecule has 0 radical (unpaired) electrons. The summed E-state index contributed by atoms with van der Waals surface area (Å²) in [6.07, 6.45) is 1.62. The molecule has 1 N–H and O–H groups in total. The number of aryl methyl sites for hydroxylation is 3. The zero-order valence-corrected chi connectivity index (χ0v) is 18.0. The van der Waals surface area contributed by atoms with E-state index in [1.165, 1.54) is 17.3 Å². The monoisotopic (exact) mass is 407 g/mol. The quantitative estimate of drug-likeness (QED) is 0.347. The molecule has 150 valence electrons. The molecule has 1 heterocycles. The summed E-state index contributed by atoms with van der Waals surface area (Å²) < 4.78 is 5.41. The molecular weight excluding hydrogens is 382 g/mol. The number of nitrogens with one attached hydrogen (secondary N) is 1. The third kappa shape index (κ3) is 5.57. The molecule has 5 nitrogen and oxygen atoms in total. The van der Waals surface area contributed by atoms with Crippen LogP contribution < -0.4 is 10.2 Å². The molecule has 3 rings (SSSR count). The number of hydrogen-bond donors (Lipinski definition) is 1. The van der Waals surface area contributed by atoms with Crippen molar-refractivity contribution in [2.45, 2.75) is 32.6 Å². The van der Waals surface area contributed by atoms with E-state index in [4.69, 9.17) is 4.74 Å². The number of hydrogen-bond acceptors (Lipinski definition) is 5. The van der Waals surface area contributed by atoms with Gasteiger partial charge in [-0.25, -0.2) is 5.43 Å². The molecule has 1 amide bonds. The standard InChI is InChI=1S/C23H25N3O2S/c1-5-28-19-8-6-18(7-9-19)13-24-26-22(27)14-29-21-12-17(4)25-23-16(3)10-15(2)11-20(21)23/h6-13H,5,14H2,1-4H3,(H,26,27)/b24-13+. The minimum atomic E-state index is -0.149. The number of rotatable bonds is 7. The van der Waals surface area contributed by atoms with Gasteiger partial charge in [0.2, 0.25) is 5.91 Å². The van der Waals surface area contributed by atoms with Gasteiger partial charge in [-0.2, -0.15) is 5.10 Å². The first-order valence-corrected chi connectivity index (χ1v) is 10.5. The summed E-state index contributed by atoms with van der Waals surface area (Å²) in [7, 11) is 0. The summed E-state index contributed by atoms with van der Waals surface area (Å²) in [5, 5.41) is 5.13. The largest absolute Gasteiger partial charge is 0.494 e. The van der Waals surface area contributed by atoms with E-state index >= 15 is 0 Å². The van der Waals surface area contributed by atoms with Gasteiger partial charge >= 0.3 is 0 Å². The van der Waals surface area contributed by atoms with Gasteiger partial charge in [0.25, 0.3) is 0 Å². The molecule has 0 fully saturated rings. The number of benzene rings is 2. The van der Waals surface area contributed by atoms with Gasteiger partial charge < -0.3 is 4.74 Å². The molecule has 0 unspecified atom stereocenters. The van der Waals surface area contributed by atoms with Crippen molar-refractivity contribution in [2.24, 2.45) is 5.10 Å². The van der Waals surface area contributed by atoms with Crippen LogP contribution in [0.1, 0.15) is 29.3 Å². The summed E-state index contributed by atoms with van der Waals surface area (Å²) in [6, 6.07) is 13.8. The molecule has 0 spiro atoms. The number of fused-ring (bicyclic) bond motifs is 1. The van der Waals surface area contributed by atoms with Crippen LogP contribution in [0, 0.1) is 20.8 Å². The zero-order valence-electron chi connectivity index (χ0n) is 17.2. The number of carbonyl (C=O) groups is 1. The Labute approximate surface area is 175 Å². The predicted octanol–water partition coefficient (Wildman–Crippen LogP) is 4.80. The second kappa shape index (κ2) is 9.56. The van der Waals surface area contributed by atoms with Crippen molar-refractivity contribution < 1.29 is 9.53 Å². The van der Waals surface area contributed by atoms with E-state index < -0.39 is 0 Å². The van der Waals surface area contributed by atoms with Crippen LogP contribution in [-0.4, -0.2) is 29.5 Å². The Bertz CT molecular complexity index is 1050. The van der Waals surface area contributed by atoms with Crippen molar-refractivity contribution in [1.29, 1.82) is 0 Å². The van der Waals surface area contributed by atoms with Gasteiger partial charge in [-0.15, -0.1) is 11.8 Å². The van der Waals surface area contributed by atoms with Gasteiger partial charge in [-0.1, -0.05) is 11.6 Å². The van der Waals surface area contributed by atoms with Crippen molar-refractivity contribution in [3.05, 3.63) is 64.8 Å². The molecule has 0 atom stereocenters. The highest BCUT2D eigenvalue weighted by Gasteiger charge is 2.10. The number of ether oxygens (including phenoxy) is 1. The highest BCUT2D eigenvalue weighted by atomic mass is 32.2. The summed E-state index contributed by atoms with van der Waals surface area (Å²) in [5.74, 6) is 0.950. The third-order valence-corrected chi connectivity index (χ3v) is 5.35. The SMILES string of the molecule is CCOc1ccc(/C=N/NC(=O)CSc2cc(C)nc3c(C)cc(C)cc23)cc1. The van der Waals surface area contributed by atoms with E-state index in [0.717, 1.165) is 38.4 Å². The highest BCUT2D eigenvalue weighted by molar-refractivity contribution is 8.00. The topological polar surface area (TPSA) is 63.6 Å². The lowest BCUT2D eigenvalue weighted by Crippen LogP contribution is -2.19. The normalized spacial score (nSPS) is 11.2. The van der Waals surface area contributed by atoms with Crippen LogP contribution in [0.25, 0.3) is 10.9 Å². The smallest absolute Gasteiger partial charge is 0.250 e. The van der Waals surface area contributed by atoms with Gasteiger partial charge in [0, 0.05) is 16.0 Å². The van der Waals surface area contributed by atoms with Crippen molar-refractivity contribution in [3.63, 3.8) is 0 Å². The maximum Gasteiger partial charge on any atom is 0.250 e. The van der Waals surface area contributed by atoms with Crippen LogP contribution in [0.2, 0.25) is 0 Å². The molecule has 0 aliphatic carbocycles. The average molecular weight is 408 g/mol. The fourth-order valence-electron chi connectivity index (χ4n) is 3.06. The lowest BCUT2D eigenvalue weighted by molar-refractivity contribution is -0.118. The van der Waals surface area contributed by atoms with Gasteiger partial charge in [0.1, 0.15) is 5.75 Å². The van der Waals surface area contributed by atoms with Crippen molar-refractivity contribution in [2.75, 3.05) is 12.4 Å². The van der Waals surface area contributed by atoms with Gasteiger partial charge in [-0.05, 0) is 75.2 Å². The van der Waals surface area contributed by atoms with Gasteiger partial charge in [0.05, 0.1) is 24.1 Å². The molecular formula is C23H25N3O2S. The lowest BCUT2D eigenvalue weighted by atomic mass is 10.1.